The Morgan fingerprint density at radius 3 is 1.83 bits per heavy atom. The highest BCUT2D eigenvalue weighted by atomic mass is 16.8. The lowest BCUT2D eigenvalue weighted by Crippen LogP contribution is -2.67. The monoisotopic (exact) mass is 1170 g/mol. The van der Waals surface area contributed by atoms with Crippen molar-refractivity contribution in [2.24, 2.45) is 28.6 Å². The number of fused-ring (bicyclic) bond motifs is 5. The van der Waals surface area contributed by atoms with Crippen molar-refractivity contribution in [3.05, 3.63) is 83.4 Å². The van der Waals surface area contributed by atoms with Crippen LogP contribution in [0.25, 0.3) is 0 Å². The zero-order chi connectivity index (χ0) is 59.3. The second-order valence-corrected chi connectivity index (χ2v) is 24.9. The SMILES string of the molecule is CO[C@H]1[C@@H](O)[C@H](O[C@H]2[C@@H](OC)C[C@H](O[C@H]3[C@@H](OC)C[C@H](O[C@H]4CC[C@@]5(C)C(=CCC6C5C[C@@H](OC(=O)c5ccccc5)[C@]5(C)[C@@H](C(C)OC(=O)c7ccccc7)CC[C@]65O)C4)O[C@@H]3C)O[C@@H]2C)O[C@H](C)[C@H]1O[C@@H]1O[C@H](CO)[C@@H](O)[C@@H](O)[C@H]1O. The van der Waals surface area contributed by atoms with Gasteiger partial charge in [0, 0.05) is 45.5 Å². The van der Waals surface area contributed by atoms with E-state index in [1.165, 1.54) is 12.7 Å². The van der Waals surface area contributed by atoms with Crippen LogP contribution in [0.1, 0.15) is 120 Å². The van der Waals surface area contributed by atoms with Crippen LogP contribution in [0.15, 0.2) is 72.3 Å². The van der Waals surface area contributed by atoms with Gasteiger partial charge >= 0.3 is 11.9 Å². The van der Waals surface area contributed by atoms with Crippen LogP contribution in [0, 0.1) is 28.6 Å². The number of methoxy groups -OCH3 is 3. The molecule has 10 rings (SSSR count). The highest BCUT2D eigenvalue weighted by Crippen LogP contribution is 2.69. The van der Waals surface area contributed by atoms with Crippen LogP contribution in [-0.2, 0) is 61.6 Å². The van der Waals surface area contributed by atoms with Crippen molar-refractivity contribution in [1.82, 2.24) is 0 Å². The summed E-state index contributed by atoms with van der Waals surface area (Å²) in [7, 11) is 4.56. The van der Waals surface area contributed by atoms with E-state index in [2.05, 4.69) is 19.9 Å². The highest BCUT2D eigenvalue weighted by Gasteiger charge is 2.72. The minimum atomic E-state index is -1.67. The van der Waals surface area contributed by atoms with Crippen molar-refractivity contribution in [3.8, 4) is 0 Å². The first-order chi connectivity index (χ1) is 39.7. The fourth-order valence-electron chi connectivity index (χ4n) is 15.8. The van der Waals surface area contributed by atoms with Crippen LogP contribution < -0.4 is 0 Å². The Bertz CT molecular complexity index is 2520. The number of hydrogen-bond acceptors (Lipinski definition) is 21. The highest BCUT2D eigenvalue weighted by molar-refractivity contribution is 5.90. The van der Waals surface area contributed by atoms with Crippen LogP contribution in [-0.4, -0.2) is 205 Å². The van der Waals surface area contributed by atoms with Gasteiger partial charge in [-0.1, -0.05) is 61.9 Å². The van der Waals surface area contributed by atoms with Gasteiger partial charge in [-0.2, -0.15) is 0 Å². The topological polar surface area (TPSA) is 276 Å². The maximum Gasteiger partial charge on any atom is 0.338 e. The van der Waals surface area contributed by atoms with E-state index in [4.69, 9.17) is 61.6 Å². The van der Waals surface area contributed by atoms with Crippen molar-refractivity contribution in [1.29, 1.82) is 0 Å². The average molecular weight is 1170 g/mol. The van der Waals surface area contributed by atoms with E-state index in [0.717, 1.165) is 12.8 Å². The first kappa shape index (κ1) is 62.5. The minimum Gasteiger partial charge on any atom is -0.459 e. The molecule has 4 saturated heterocycles. The van der Waals surface area contributed by atoms with Gasteiger partial charge in [-0.15, -0.1) is 0 Å². The molecule has 2 aromatic rings. The number of allylic oxidation sites excluding steroid dienone is 1. The lowest BCUT2D eigenvalue weighted by atomic mass is 9.44. The number of benzene rings is 2. The van der Waals surface area contributed by atoms with E-state index in [1.54, 1.807) is 57.5 Å². The zero-order valence-electron chi connectivity index (χ0n) is 49.1. The fourth-order valence-corrected chi connectivity index (χ4v) is 15.8. The summed E-state index contributed by atoms with van der Waals surface area (Å²) >= 11 is 0. The van der Waals surface area contributed by atoms with E-state index in [0.29, 0.717) is 49.7 Å². The molecule has 0 amide bonds. The molecule has 21 heteroatoms. The summed E-state index contributed by atoms with van der Waals surface area (Å²) < 4.78 is 81.2. The summed E-state index contributed by atoms with van der Waals surface area (Å²) in [5.41, 5.74) is -0.301. The fraction of sp³-hybridized carbons (Fsp3) is 0.742. The smallest absolute Gasteiger partial charge is 0.338 e. The normalized spacial score (nSPS) is 45.7. The second kappa shape index (κ2) is 25.6. The van der Waals surface area contributed by atoms with E-state index in [-0.39, 0.29) is 35.7 Å². The van der Waals surface area contributed by atoms with Gasteiger partial charge in [0.2, 0.25) is 0 Å². The van der Waals surface area contributed by atoms with Crippen molar-refractivity contribution >= 4 is 11.9 Å². The molecule has 3 unspecified atom stereocenters. The summed E-state index contributed by atoms with van der Waals surface area (Å²) in [6, 6.07) is 17.9. The van der Waals surface area contributed by atoms with E-state index in [1.807, 2.05) is 45.0 Å². The maximum atomic E-state index is 14.1. The number of ether oxygens (including phenoxy) is 13. The predicted octanol–water partition coefficient (Wildman–Crippen LogP) is 4.52. The average Bonchev–Trinajstić information content (AvgIpc) is 2.38. The molecule has 4 aliphatic heterocycles. The van der Waals surface area contributed by atoms with Gasteiger partial charge in [-0.25, -0.2) is 9.59 Å². The summed E-state index contributed by atoms with van der Waals surface area (Å²) in [6.45, 7) is 11.0. The molecule has 27 atom stereocenters. The molecule has 4 heterocycles. The standard InChI is InChI=1S/C62H88O21/c1-31(76-56(68)35-16-12-10-13-17-35)39-23-25-62(70)40-21-20-37-26-38(22-24-60(37,5)41(40)27-45(61(39,62)6)80-57(69)36-18-14-11-15-19-36)78-46-28-42(71-7)52(32(2)74-46)81-47-29-43(72-8)53(33(3)75-47)82-59-51(67)55(73-9)54(34(4)77-59)83-58-50(66)49(65)48(64)44(30-63)79-58/h10-20,31-34,38-55,58-59,63-67,70H,21-30H2,1-9H3/t31?,32-,33-,34-,38+,39-,40?,41?,42+,43+,44-,45-,46+,47+,48-,49-,50-,51-,52-,53-,54-,55+,58+,59+,60+,61+,62+/m1/s1. The third-order valence-corrected chi connectivity index (χ3v) is 20.5. The molecule has 4 aliphatic carbocycles. The molecule has 0 radical (unpaired) electrons. The number of hydrogen-bond donors (Lipinski definition) is 6. The number of aliphatic hydroxyl groups is 6. The molecular weight excluding hydrogens is 1080 g/mol. The van der Waals surface area contributed by atoms with Crippen LogP contribution in [0.4, 0.5) is 0 Å². The van der Waals surface area contributed by atoms with Crippen LogP contribution in [0.2, 0.25) is 0 Å². The van der Waals surface area contributed by atoms with E-state index >= 15 is 0 Å². The molecular formula is C62H88O21. The van der Waals surface area contributed by atoms with Gasteiger partial charge in [0.15, 0.2) is 25.2 Å². The molecule has 21 nitrogen and oxygen atoms in total. The molecule has 0 spiro atoms. The van der Waals surface area contributed by atoms with Crippen molar-refractivity contribution in [2.45, 2.75) is 234 Å². The Morgan fingerprint density at radius 1 is 0.639 bits per heavy atom. The number of carbonyl (C=O) groups is 2. The molecule has 7 fully saturated rings. The molecule has 2 aromatic carbocycles. The number of carbonyl (C=O) groups excluding carboxylic acids is 2. The Morgan fingerprint density at radius 2 is 1.22 bits per heavy atom. The van der Waals surface area contributed by atoms with Gasteiger partial charge in [0.25, 0.3) is 0 Å². The first-order valence-corrected chi connectivity index (χ1v) is 29.8. The van der Waals surface area contributed by atoms with E-state index in [9.17, 15) is 40.2 Å². The molecule has 83 heavy (non-hydrogen) atoms. The minimum absolute atomic E-state index is 0.00960. The largest absolute Gasteiger partial charge is 0.459 e. The Kier molecular flexibility index (Phi) is 19.3. The number of rotatable bonds is 17. The van der Waals surface area contributed by atoms with Crippen LogP contribution in [0.3, 0.4) is 0 Å². The molecule has 3 saturated carbocycles. The Labute approximate surface area is 486 Å². The summed E-state index contributed by atoms with van der Waals surface area (Å²) in [6.07, 6.45) is -11.9. The van der Waals surface area contributed by atoms with Gasteiger partial charge in [-0.3, -0.25) is 0 Å². The van der Waals surface area contributed by atoms with Crippen LogP contribution in [0.5, 0.6) is 0 Å². The van der Waals surface area contributed by atoms with Crippen LogP contribution >= 0.6 is 0 Å². The first-order valence-electron chi connectivity index (χ1n) is 29.8. The Balaban J connectivity index is 0.760. The van der Waals surface area contributed by atoms with Crippen molar-refractivity contribution in [3.63, 3.8) is 0 Å². The summed E-state index contributed by atoms with van der Waals surface area (Å²) in [5, 5.41) is 65.9. The second-order valence-electron chi connectivity index (χ2n) is 24.9. The number of aliphatic hydroxyl groups excluding tert-OH is 5. The molecule has 0 aromatic heterocycles. The molecule has 462 valence electrons. The maximum absolute atomic E-state index is 14.1. The summed E-state index contributed by atoms with van der Waals surface area (Å²) in [5.74, 6) is -1.29. The number of esters is 2. The van der Waals surface area contributed by atoms with E-state index < -0.39 is 152 Å². The lowest BCUT2D eigenvalue weighted by Gasteiger charge is -2.63. The third kappa shape index (κ3) is 11.9. The van der Waals surface area contributed by atoms with Crippen molar-refractivity contribution < 1.29 is 102 Å². The molecule has 8 aliphatic rings. The zero-order valence-corrected chi connectivity index (χ0v) is 49.1. The van der Waals surface area contributed by atoms with Gasteiger partial charge in [0.1, 0.15) is 67.1 Å². The summed E-state index contributed by atoms with van der Waals surface area (Å²) in [4.78, 5) is 27.5. The Hall–Kier alpha value is -3.56. The van der Waals surface area contributed by atoms with Crippen molar-refractivity contribution in [2.75, 3.05) is 27.9 Å². The van der Waals surface area contributed by atoms with Gasteiger partial charge in [-0.05, 0) is 114 Å². The van der Waals surface area contributed by atoms with Gasteiger partial charge < -0.3 is 92.2 Å². The quantitative estimate of drug-likeness (QED) is 0.0938. The predicted molar refractivity (Wildman–Crippen MR) is 293 cm³/mol. The third-order valence-electron chi connectivity index (χ3n) is 20.5. The molecule has 0 bridgehead atoms. The molecule has 6 N–H and O–H groups in total. The lowest BCUT2D eigenvalue weighted by molar-refractivity contribution is -0.373. The van der Waals surface area contributed by atoms with Gasteiger partial charge in [0.05, 0.1) is 60.0 Å².